The van der Waals surface area contributed by atoms with Gasteiger partial charge in [0.05, 0.1) is 18.8 Å². The van der Waals surface area contributed by atoms with E-state index in [0.29, 0.717) is 12.5 Å². The van der Waals surface area contributed by atoms with Gasteiger partial charge in [0.1, 0.15) is 18.1 Å². The van der Waals surface area contributed by atoms with Crippen molar-refractivity contribution in [3.63, 3.8) is 0 Å². The van der Waals surface area contributed by atoms with Gasteiger partial charge < -0.3 is 20.3 Å². The lowest BCUT2D eigenvalue weighted by atomic mass is 9.97. The summed E-state index contributed by atoms with van der Waals surface area (Å²) in [5.41, 5.74) is 5.55. The number of aliphatic hydroxyl groups excluding tert-OH is 1. The number of hydrogen-bond acceptors (Lipinski definition) is 4. The smallest absolute Gasteiger partial charge is 0.119 e. The zero-order valence-electron chi connectivity index (χ0n) is 11.5. The molecule has 1 aromatic rings. The number of rotatable bonds is 8. The number of benzene rings is 1. The maximum atomic E-state index is 9.39. The van der Waals surface area contributed by atoms with E-state index in [1.54, 1.807) is 0 Å². The van der Waals surface area contributed by atoms with Crippen LogP contribution in [0.25, 0.3) is 0 Å². The molecule has 2 rings (SSSR count). The van der Waals surface area contributed by atoms with E-state index in [1.807, 2.05) is 24.3 Å². The first-order chi connectivity index (χ1) is 9.18. The third-order valence-corrected chi connectivity index (χ3v) is 3.49. The monoisotopic (exact) mass is 265 g/mol. The first-order valence-corrected chi connectivity index (χ1v) is 6.93. The van der Waals surface area contributed by atoms with Gasteiger partial charge in [0, 0.05) is 0 Å². The summed E-state index contributed by atoms with van der Waals surface area (Å²) < 4.78 is 11.2. The third kappa shape index (κ3) is 3.85. The summed E-state index contributed by atoms with van der Waals surface area (Å²) in [4.78, 5) is 0. The molecule has 1 aliphatic rings. The van der Waals surface area contributed by atoms with E-state index in [9.17, 15) is 5.11 Å². The van der Waals surface area contributed by atoms with Crippen LogP contribution in [-0.4, -0.2) is 30.5 Å². The minimum atomic E-state index is -0.600. The summed E-state index contributed by atoms with van der Waals surface area (Å²) in [6, 6.07) is 7.52. The quantitative estimate of drug-likeness (QED) is 0.754. The molecule has 4 nitrogen and oxygen atoms in total. The molecule has 0 spiro atoms. The molecule has 1 saturated carbocycles. The highest BCUT2D eigenvalue weighted by atomic mass is 16.5. The van der Waals surface area contributed by atoms with Crippen molar-refractivity contribution in [2.75, 3.05) is 19.8 Å². The Hall–Kier alpha value is -1.26. The largest absolute Gasteiger partial charge is 0.494 e. The average Bonchev–Trinajstić information content (AvgIpc) is 3.28. The van der Waals surface area contributed by atoms with Crippen molar-refractivity contribution in [2.45, 2.75) is 31.7 Å². The van der Waals surface area contributed by atoms with Gasteiger partial charge in [-0.1, -0.05) is 6.92 Å². The maximum absolute atomic E-state index is 9.39. The van der Waals surface area contributed by atoms with Gasteiger partial charge in [-0.3, -0.25) is 0 Å². The van der Waals surface area contributed by atoms with Crippen LogP contribution < -0.4 is 15.2 Å². The summed E-state index contributed by atoms with van der Waals surface area (Å²) in [5, 5.41) is 9.39. The van der Waals surface area contributed by atoms with Gasteiger partial charge in [-0.15, -0.1) is 0 Å². The predicted molar refractivity (Wildman–Crippen MR) is 74.5 cm³/mol. The van der Waals surface area contributed by atoms with Crippen LogP contribution in [0, 0.1) is 5.92 Å². The summed E-state index contributed by atoms with van der Waals surface area (Å²) in [6.07, 6.45) is 3.17. The van der Waals surface area contributed by atoms with Crippen LogP contribution in [0.5, 0.6) is 11.5 Å². The van der Waals surface area contributed by atoms with E-state index in [-0.39, 0.29) is 6.61 Å². The molecule has 0 saturated heterocycles. The molecule has 3 N–H and O–H groups in total. The van der Waals surface area contributed by atoms with Crippen LogP contribution in [-0.2, 0) is 0 Å². The minimum Gasteiger partial charge on any atom is -0.494 e. The normalized spacial score (nSPS) is 17.8. The van der Waals surface area contributed by atoms with Gasteiger partial charge in [-0.05, 0) is 49.4 Å². The van der Waals surface area contributed by atoms with Crippen molar-refractivity contribution in [3.8, 4) is 11.5 Å². The van der Waals surface area contributed by atoms with Crippen LogP contribution in [0.15, 0.2) is 24.3 Å². The molecule has 0 radical (unpaired) electrons. The second-order valence-corrected chi connectivity index (χ2v) is 5.27. The van der Waals surface area contributed by atoms with E-state index in [0.717, 1.165) is 37.4 Å². The number of ether oxygens (including phenoxy) is 2. The highest BCUT2D eigenvalue weighted by Crippen LogP contribution is 2.38. The van der Waals surface area contributed by atoms with Crippen LogP contribution in [0.4, 0.5) is 0 Å². The van der Waals surface area contributed by atoms with Crippen molar-refractivity contribution >= 4 is 0 Å². The van der Waals surface area contributed by atoms with E-state index in [4.69, 9.17) is 15.2 Å². The number of aliphatic hydroxyl groups is 1. The van der Waals surface area contributed by atoms with E-state index >= 15 is 0 Å². The molecular formula is C15H23NO3. The van der Waals surface area contributed by atoms with Gasteiger partial charge in [0.15, 0.2) is 0 Å². The van der Waals surface area contributed by atoms with E-state index < -0.39 is 5.54 Å². The fourth-order valence-corrected chi connectivity index (χ4v) is 2.02. The van der Waals surface area contributed by atoms with Gasteiger partial charge >= 0.3 is 0 Å². The first-order valence-electron chi connectivity index (χ1n) is 6.93. The van der Waals surface area contributed by atoms with Crippen LogP contribution in [0.3, 0.4) is 0 Å². The average molecular weight is 265 g/mol. The van der Waals surface area contributed by atoms with Crippen molar-refractivity contribution in [1.82, 2.24) is 0 Å². The summed E-state index contributed by atoms with van der Waals surface area (Å²) >= 11 is 0. The molecule has 0 aromatic heterocycles. The molecule has 1 aromatic carbocycles. The van der Waals surface area contributed by atoms with E-state index in [2.05, 4.69) is 6.92 Å². The highest BCUT2D eigenvalue weighted by molar-refractivity contribution is 5.31. The summed E-state index contributed by atoms with van der Waals surface area (Å²) in [7, 11) is 0. The standard InChI is InChI=1S/C15H23NO3/c1-2-9-18-13-5-7-14(8-6-13)19-11-15(16,10-17)12-3-4-12/h5-8,12,17H,2-4,9-11,16H2,1H3. The van der Waals surface area contributed by atoms with Gasteiger partial charge in [0.2, 0.25) is 0 Å². The molecule has 0 aliphatic heterocycles. The van der Waals surface area contributed by atoms with Crippen molar-refractivity contribution in [2.24, 2.45) is 11.7 Å². The SMILES string of the molecule is CCCOc1ccc(OCC(N)(CO)C2CC2)cc1. The van der Waals surface area contributed by atoms with Crippen molar-refractivity contribution < 1.29 is 14.6 Å². The van der Waals surface area contributed by atoms with E-state index in [1.165, 1.54) is 0 Å². The topological polar surface area (TPSA) is 64.7 Å². The first kappa shape index (κ1) is 14.2. The Labute approximate surface area is 114 Å². The van der Waals surface area contributed by atoms with Gasteiger partial charge in [-0.2, -0.15) is 0 Å². The van der Waals surface area contributed by atoms with Crippen molar-refractivity contribution in [1.29, 1.82) is 0 Å². The van der Waals surface area contributed by atoms with Crippen LogP contribution >= 0.6 is 0 Å². The van der Waals surface area contributed by atoms with Crippen LogP contribution in [0.2, 0.25) is 0 Å². The molecule has 1 aliphatic carbocycles. The molecule has 4 heteroatoms. The molecule has 1 unspecified atom stereocenters. The second-order valence-electron chi connectivity index (χ2n) is 5.27. The zero-order chi connectivity index (χ0) is 13.7. The Bertz CT molecular complexity index is 389. The zero-order valence-corrected chi connectivity index (χ0v) is 11.5. The lowest BCUT2D eigenvalue weighted by Gasteiger charge is -2.27. The summed E-state index contributed by atoms with van der Waals surface area (Å²) in [5.74, 6) is 2.00. The Morgan fingerprint density at radius 1 is 1.21 bits per heavy atom. The molecule has 0 bridgehead atoms. The fourth-order valence-electron chi connectivity index (χ4n) is 2.02. The highest BCUT2D eigenvalue weighted by Gasteiger charge is 2.42. The molecule has 106 valence electrons. The maximum Gasteiger partial charge on any atom is 0.119 e. The third-order valence-electron chi connectivity index (χ3n) is 3.49. The predicted octanol–water partition coefficient (Wildman–Crippen LogP) is 1.95. The second kappa shape index (κ2) is 6.26. The Morgan fingerprint density at radius 2 is 1.79 bits per heavy atom. The molecule has 1 atom stereocenters. The minimum absolute atomic E-state index is 0.0324. The molecule has 0 amide bonds. The lowest BCUT2D eigenvalue weighted by Crippen LogP contribution is -2.51. The van der Waals surface area contributed by atoms with Crippen LogP contribution in [0.1, 0.15) is 26.2 Å². The fraction of sp³-hybridized carbons (Fsp3) is 0.600. The van der Waals surface area contributed by atoms with Gasteiger partial charge in [-0.25, -0.2) is 0 Å². The molecule has 19 heavy (non-hydrogen) atoms. The van der Waals surface area contributed by atoms with Gasteiger partial charge in [0.25, 0.3) is 0 Å². The molecular weight excluding hydrogens is 242 g/mol. The van der Waals surface area contributed by atoms with Crippen molar-refractivity contribution in [3.05, 3.63) is 24.3 Å². The Morgan fingerprint density at radius 3 is 2.26 bits per heavy atom. The Kier molecular flexibility index (Phi) is 4.66. The molecule has 1 fully saturated rings. The Balaban J connectivity index is 1.85. The lowest BCUT2D eigenvalue weighted by molar-refractivity contribution is 0.117. The number of nitrogens with two attached hydrogens (primary N) is 1. The molecule has 0 heterocycles. The summed E-state index contributed by atoms with van der Waals surface area (Å²) in [6.45, 7) is 3.11. The number of hydrogen-bond donors (Lipinski definition) is 2.